The highest BCUT2D eigenvalue weighted by molar-refractivity contribution is 4.91. The summed E-state index contributed by atoms with van der Waals surface area (Å²) in [5.74, 6) is 0. The van der Waals surface area contributed by atoms with Crippen LogP contribution in [-0.2, 0) is 0 Å². The van der Waals surface area contributed by atoms with Crippen molar-refractivity contribution in [1.82, 2.24) is 14.7 Å². The molecule has 2 aliphatic rings. The summed E-state index contributed by atoms with van der Waals surface area (Å²) < 4.78 is 0. The van der Waals surface area contributed by atoms with Crippen molar-refractivity contribution in [2.45, 2.75) is 78.4 Å². The first kappa shape index (κ1) is 18.2. The van der Waals surface area contributed by atoms with Gasteiger partial charge in [0.2, 0.25) is 0 Å². The van der Waals surface area contributed by atoms with Gasteiger partial charge in [-0.2, -0.15) is 0 Å². The molecule has 2 aliphatic heterocycles. The SMILES string of the molecule is CN1[C@@H](CN2CCN(C(C)(C)C)CC2)CC[C@H]1CC(C)(C)C. The molecule has 2 atom stereocenters. The molecule has 0 N–H and O–H groups in total. The third-order valence-corrected chi connectivity index (χ3v) is 5.62. The first-order valence-corrected chi connectivity index (χ1v) is 9.25. The van der Waals surface area contributed by atoms with E-state index in [1.54, 1.807) is 0 Å². The zero-order chi connectivity index (χ0) is 16.5. The largest absolute Gasteiger partial charge is 0.299 e. The van der Waals surface area contributed by atoms with Gasteiger partial charge in [0.1, 0.15) is 0 Å². The lowest BCUT2D eigenvalue weighted by Gasteiger charge is -2.43. The number of likely N-dealkylation sites (N-methyl/N-ethyl adjacent to an activating group) is 1. The molecule has 3 heteroatoms. The smallest absolute Gasteiger partial charge is 0.0223 e. The standard InChI is InChI=1S/C19H39N3/c1-18(2,3)14-16-8-9-17(20(16)7)15-21-10-12-22(13-11-21)19(4,5)6/h16-17H,8-15H2,1-7H3/t16-,17+/m0/s1. The Bertz CT molecular complexity index is 345. The normalized spacial score (nSPS) is 30.1. The monoisotopic (exact) mass is 309 g/mol. The molecule has 0 amide bonds. The molecule has 0 radical (unpaired) electrons. The average Bonchev–Trinajstić information content (AvgIpc) is 2.69. The van der Waals surface area contributed by atoms with E-state index in [-0.39, 0.29) is 0 Å². The van der Waals surface area contributed by atoms with E-state index in [2.05, 4.69) is 63.3 Å². The molecule has 0 aromatic heterocycles. The van der Waals surface area contributed by atoms with Crippen molar-refractivity contribution in [3.63, 3.8) is 0 Å². The van der Waals surface area contributed by atoms with E-state index in [1.165, 1.54) is 52.0 Å². The number of nitrogens with zero attached hydrogens (tertiary/aromatic N) is 3. The lowest BCUT2D eigenvalue weighted by Crippen LogP contribution is -2.55. The van der Waals surface area contributed by atoms with E-state index in [1.807, 2.05) is 0 Å². The topological polar surface area (TPSA) is 9.72 Å². The molecular weight excluding hydrogens is 270 g/mol. The van der Waals surface area contributed by atoms with E-state index in [9.17, 15) is 0 Å². The van der Waals surface area contributed by atoms with Gasteiger partial charge in [0.15, 0.2) is 0 Å². The lowest BCUT2D eigenvalue weighted by atomic mass is 9.87. The van der Waals surface area contributed by atoms with Gasteiger partial charge in [-0.05, 0) is 52.5 Å². The van der Waals surface area contributed by atoms with Crippen molar-refractivity contribution >= 4 is 0 Å². The Labute approximate surface area is 139 Å². The van der Waals surface area contributed by atoms with Crippen molar-refractivity contribution < 1.29 is 0 Å². The van der Waals surface area contributed by atoms with Crippen LogP contribution in [0.1, 0.15) is 60.8 Å². The summed E-state index contributed by atoms with van der Waals surface area (Å²) in [5.41, 5.74) is 0.778. The summed E-state index contributed by atoms with van der Waals surface area (Å²) in [5, 5.41) is 0. The highest BCUT2D eigenvalue weighted by atomic mass is 15.3. The lowest BCUT2D eigenvalue weighted by molar-refractivity contribution is 0.0492. The number of hydrogen-bond acceptors (Lipinski definition) is 3. The predicted octanol–water partition coefficient (Wildman–Crippen LogP) is 3.30. The number of rotatable bonds is 3. The third kappa shape index (κ3) is 4.94. The molecule has 2 fully saturated rings. The van der Waals surface area contributed by atoms with Crippen LogP contribution in [-0.4, -0.2) is 72.1 Å². The molecule has 0 unspecified atom stereocenters. The van der Waals surface area contributed by atoms with Crippen molar-refractivity contribution in [2.75, 3.05) is 39.8 Å². The Kier molecular flexibility index (Phi) is 5.62. The van der Waals surface area contributed by atoms with Gasteiger partial charge in [-0.1, -0.05) is 20.8 Å². The summed E-state index contributed by atoms with van der Waals surface area (Å²) in [6.45, 7) is 20.3. The van der Waals surface area contributed by atoms with E-state index in [4.69, 9.17) is 0 Å². The Morgan fingerprint density at radius 1 is 0.818 bits per heavy atom. The van der Waals surface area contributed by atoms with Crippen molar-refractivity contribution in [3.05, 3.63) is 0 Å². The van der Waals surface area contributed by atoms with Gasteiger partial charge < -0.3 is 0 Å². The fourth-order valence-corrected chi connectivity index (χ4v) is 4.16. The molecule has 0 aromatic carbocycles. The van der Waals surface area contributed by atoms with E-state index < -0.39 is 0 Å². The van der Waals surface area contributed by atoms with Crippen LogP contribution >= 0.6 is 0 Å². The average molecular weight is 310 g/mol. The van der Waals surface area contributed by atoms with Crippen LogP contribution in [0.2, 0.25) is 0 Å². The van der Waals surface area contributed by atoms with E-state index >= 15 is 0 Å². The summed E-state index contributed by atoms with van der Waals surface area (Å²) in [6, 6.07) is 1.56. The molecule has 2 rings (SSSR count). The molecule has 0 spiro atoms. The maximum atomic E-state index is 2.70. The van der Waals surface area contributed by atoms with Crippen LogP contribution in [0.4, 0.5) is 0 Å². The first-order valence-electron chi connectivity index (χ1n) is 9.25. The van der Waals surface area contributed by atoms with Gasteiger partial charge >= 0.3 is 0 Å². The molecule has 2 saturated heterocycles. The summed E-state index contributed by atoms with van der Waals surface area (Å²) in [4.78, 5) is 8.01. The quantitative estimate of drug-likeness (QED) is 0.792. The highest BCUT2D eigenvalue weighted by Gasteiger charge is 2.34. The molecule has 22 heavy (non-hydrogen) atoms. The maximum absolute atomic E-state index is 2.70. The van der Waals surface area contributed by atoms with Crippen LogP contribution in [0.15, 0.2) is 0 Å². The van der Waals surface area contributed by atoms with Crippen molar-refractivity contribution in [3.8, 4) is 0 Å². The molecule has 3 nitrogen and oxygen atoms in total. The molecular formula is C19H39N3. The Morgan fingerprint density at radius 3 is 1.86 bits per heavy atom. The van der Waals surface area contributed by atoms with E-state index in [0.29, 0.717) is 11.0 Å². The second-order valence-corrected chi connectivity index (χ2v) is 9.77. The molecule has 130 valence electrons. The zero-order valence-corrected chi connectivity index (χ0v) is 16.2. The van der Waals surface area contributed by atoms with Gasteiger partial charge in [0, 0.05) is 50.3 Å². The molecule has 2 heterocycles. The third-order valence-electron chi connectivity index (χ3n) is 5.62. The number of likely N-dealkylation sites (tertiary alicyclic amines) is 1. The zero-order valence-electron chi connectivity index (χ0n) is 16.2. The summed E-state index contributed by atoms with van der Waals surface area (Å²) in [7, 11) is 2.36. The molecule has 0 aromatic rings. The minimum absolute atomic E-state index is 0.327. The van der Waals surface area contributed by atoms with Crippen LogP contribution in [0.25, 0.3) is 0 Å². The summed E-state index contributed by atoms with van der Waals surface area (Å²) >= 11 is 0. The van der Waals surface area contributed by atoms with E-state index in [0.717, 1.165) is 12.1 Å². The Balaban J connectivity index is 1.79. The van der Waals surface area contributed by atoms with Gasteiger partial charge in [0.05, 0.1) is 0 Å². The Hall–Kier alpha value is -0.120. The van der Waals surface area contributed by atoms with Crippen LogP contribution in [0.5, 0.6) is 0 Å². The molecule has 0 bridgehead atoms. The number of piperazine rings is 1. The molecule has 0 aliphatic carbocycles. The fourth-order valence-electron chi connectivity index (χ4n) is 4.16. The van der Waals surface area contributed by atoms with Gasteiger partial charge in [-0.15, -0.1) is 0 Å². The highest BCUT2D eigenvalue weighted by Crippen LogP contribution is 2.32. The second-order valence-electron chi connectivity index (χ2n) is 9.77. The van der Waals surface area contributed by atoms with Gasteiger partial charge in [0.25, 0.3) is 0 Å². The maximum Gasteiger partial charge on any atom is 0.0223 e. The van der Waals surface area contributed by atoms with Gasteiger partial charge in [-0.3, -0.25) is 14.7 Å². The minimum atomic E-state index is 0.327. The Morgan fingerprint density at radius 2 is 1.36 bits per heavy atom. The predicted molar refractivity (Wildman–Crippen MR) is 96.4 cm³/mol. The van der Waals surface area contributed by atoms with Crippen molar-refractivity contribution in [2.24, 2.45) is 5.41 Å². The van der Waals surface area contributed by atoms with Crippen molar-refractivity contribution in [1.29, 1.82) is 0 Å². The van der Waals surface area contributed by atoms with Gasteiger partial charge in [-0.25, -0.2) is 0 Å². The first-order chi connectivity index (χ1) is 10.1. The van der Waals surface area contributed by atoms with Crippen LogP contribution in [0.3, 0.4) is 0 Å². The summed E-state index contributed by atoms with van der Waals surface area (Å²) in [6.07, 6.45) is 4.11. The van der Waals surface area contributed by atoms with Crippen LogP contribution < -0.4 is 0 Å². The fraction of sp³-hybridized carbons (Fsp3) is 1.00. The van der Waals surface area contributed by atoms with Crippen LogP contribution in [0, 0.1) is 5.41 Å². The second kappa shape index (κ2) is 6.78. The molecule has 0 saturated carbocycles. The minimum Gasteiger partial charge on any atom is -0.299 e. The number of hydrogen-bond donors (Lipinski definition) is 0.